The molecule has 2 aromatic carbocycles. The van der Waals surface area contributed by atoms with Crippen LogP contribution in [0.3, 0.4) is 0 Å². The molecular formula is C29H34BrN3O5S. The normalized spacial score (nSPS) is 29.7. The molecule has 3 aliphatic rings. The van der Waals surface area contributed by atoms with Crippen LogP contribution in [0, 0.1) is 25.7 Å². The molecule has 1 spiro atoms. The number of hydrogen-bond donors (Lipinski definition) is 3. The Hall–Kier alpha value is -2.56. The van der Waals surface area contributed by atoms with Crippen molar-refractivity contribution in [2.45, 2.75) is 61.0 Å². The van der Waals surface area contributed by atoms with E-state index in [4.69, 9.17) is 4.74 Å². The quantitative estimate of drug-likeness (QED) is 0.386. The first-order valence-corrected chi connectivity index (χ1v) is 15.1. The molecule has 39 heavy (non-hydrogen) atoms. The molecule has 3 unspecified atom stereocenters. The third-order valence-corrected chi connectivity index (χ3v) is 11.4. The van der Waals surface area contributed by atoms with Gasteiger partial charge in [0.05, 0.1) is 35.8 Å². The minimum absolute atomic E-state index is 0.0393. The van der Waals surface area contributed by atoms with E-state index in [1.54, 1.807) is 43.0 Å². The zero-order valence-corrected chi connectivity index (χ0v) is 24.8. The molecule has 3 N–H and O–H groups in total. The molecule has 3 saturated heterocycles. The molecule has 3 heterocycles. The molecule has 2 bridgehead atoms. The van der Waals surface area contributed by atoms with Gasteiger partial charge in [0.15, 0.2) is 0 Å². The third-order valence-electron chi connectivity index (χ3n) is 8.18. The van der Waals surface area contributed by atoms with Gasteiger partial charge in [-0.15, -0.1) is 11.8 Å². The van der Waals surface area contributed by atoms with Crippen molar-refractivity contribution in [1.82, 2.24) is 4.90 Å². The van der Waals surface area contributed by atoms with Crippen molar-refractivity contribution in [1.29, 1.82) is 0 Å². The van der Waals surface area contributed by atoms with Crippen LogP contribution in [0.2, 0.25) is 0 Å². The Morgan fingerprint density at radius 1 is 1.15 bits per heavy atom. The minimum Gasteiger partial charge on any atom is -0.494 e. The van der Waals surface area contributed by atoms with Crippen LogP contribution in [0.25, 0.3) is 0 Å². The molecule has 0 aromatic heterocycles. The highest BCUT2D eigenvalue weighted by Gasteiger charge is 2.76. The first-order chi connectivity index (χ1) is 18.6. The largest absolute Gasteiger partial charge is 0.494 e. The van der Waals surface area contributed by atoms with Gasteiger partial charge in [0.25, 0.3) is 0 Å². The first kappa shape index (κ1) is 28.0. The van der Waals surface area contributed by atoms with Crippen molar-refractivity contribution in [2.75, 3.05) is 23.8 Å². The van der Waals surface area contributed by atoms with E-state index in [1.807, 2.05) is 39.0 Å². The predicted molar refractivity (Wildman–Crippen MR) is 156 cm³/mol. The lowest BCUT2D eigenvalue weighted by Gasteiger charge is -2.36. The number of halogens is 1. The van der Waals surface area contributed by atoms with Crippen molar-refractivity contribution < 1.29 is 24.2 Å². The van der Waals surface area contributed by atoms with Gasteiger partial charge < -0.3 is 25.4 Å². The molecule has 0 saturated carbocycles. The minimum atomic E-state index is -0.825. The molecule has 3 amide bonds. The van der Waals surface area contributed by atoms with E-state index in [-0.39, 0.29) is 34.4 Å². The van der Waals surface area contributed by atoms with Crippen LogP contribution in [0.4, 0.5) is 11.4 Å². The summed E-state index contributed by atoms with van der Waals surface area (Å²) in [4.78, 5) is 43.4. The summed E-state index contributed by atoms with van der Waals surface area (Å²) < 4.78 is 4.70. The number of amides is 3. The second-order valence-corrected chi connectivity index (χ2v) is 13.4. The van der Waals surface area contributed by atoms with Crippen molar-refractivity contribution in [3.63, 3.8) is 0 Å². The van der Waals surface area contributed by atoms with Crippen molar-refractivity contribution in [3.05, 3.63) is 53.6 Å². The lowest BCUT2D eigenvalue weighted by molar-refractivity contribution is -0.140. The Morgan fingerprint density at radius 3 is 2.44 bits per heavy atom. The monoisotopic (exact) mass is 615 g/mol. The molecule has 2 aromatic rings. The summed E-state index contributed by atoms with van der Waals surface area (Å²) >= 11 is 5.35. The maximum Gasteiger partial charge on any atom is 0.248 e. The van der Waals surface area contributed by atoms with Crippen LogP contribution in [-0.2, 0) is 14.4 Å². The van der Waals surface area contributed by atoms with Gasteiger partial charge in [-0.3, -0.25) is 14.4 Å². The molecule has 10 heteroatoms. The van der Waals surface area contributed by atoms with E-state index in [0.29, 0.717) is 24.5 Å². The lowest BCUT2D eigenvalue weighted by Crippen LogP contribution is -2.54. The molecule has 3 aliphatic heterocycles. The average Bonchev–Trinajstić information content (AvgIpc) is 3.50. The third kappa shape index (κ3) is 4.64. The fourth-order valence-electron chi connectivity index (χ4n) is 6.46. The van der Waals surface area contributed by atoms with E-state index in [0.717, 1.165) is 16.8 Å². The molecule has 0 aliphatic carbocycles. The number of benzene rings is 2. The number of carbonyl (C=O) groups is 3. The van der Waals surface area contributed by atoms with Gasteiger partial charge in [0.2, 0.25) is 17.7 Å². The standard InChI is InChI=1S/C29H34BrN3O5S/c1-5-38-19-11-9-18(10-12-19)31-26(35)21-22-28(37)33(17(4)14-34)25(29(22)13-20(30)24(21)39-29)27(36)32-23-15(2)7-6-8-16(23)3/h6-12,17,20-22,24-25,34H,5,13-14H2,1-4H3,(H,31,35)(H,32,36)/t17-,20?,21+,22+,24+,25?,29?/m1/s1. The second-order valence-electron chi connectivity index (χ2n) is 10.6. The molecule has 5 rings (SSSR count). The molecular weight excluding hydrogens is 582 g/mol. The number of hydrogen-bond acceptors (Lipinski definition) is 6. The van der Waals surface area contributed by atoms with Crippen LogP contribution in [0.15, 0.2) is 42.5 Å². The molecule has 0 radical (unpaired) electrons. The number of thioether (sulfide) groups is 1. The van der Waals surface area contributed by atoms with Gasteiger partial charge in [0, 0.05) is 21.5 Å². The van der Waals surface area contributed by atoms with Gasteiger partial charge in [-0.2, -0.15) is 0 Å². The van der Waals surface area contributed by atoms with Crippen molar-refractivity contribution in [2.24, 2.45) is 11.8 Å². The number of para-hydroxylation sites is 1. The Bertz CT molecular complexity index is 1270. The van der Waals surface area contributed by atoms with E-state index in [9.17, 15) is 19.5 Å². The topological polar surface area (TPSA) is 108 Å². The summed E-state index contributed by atoms with van der Waals surface area (Å²) in [5.74, 6) is -1.37. The Labute approximate surface area is 241 Å². The number of aliphatic hydroxyl groups excluding tert-OH is 1. The summed E-state index contributed by atoms with van der Waals surface area (Å²) in [7, 11) is 0. The van der Waals surface area contributed by atoms with Gasteiger partial charge in [-0.1, -0.05) is 34.1 Å². The number of likely N-dealkylation sites (tertiary alicyclic amines) is 1. The second kappa shape index (κ2) is 10.8. The summed E-state index contributed by atoms with van der Waals surface area (Å²) in [5.41, 5.74) is 3.20. The van der Waals surface area contributed by atoms with Gasteiger partial charge in [0.1, 0.15) is 11.8 Å². The van der Waals surface area contributed by atoms with E-state index < -0.39 is 28.7 Å². The number of fused-ring (bicyclic) bond motifs is 1. The number of alkyl halides is 1. The number of aryl methyl sites for hydroxylation is 2. The summed E-state index contributed by atoms with van der Waals surface area (Å²) in [6.45, 7) is 7.78. The number of nitrogens with zero attached hydrogens (tertiary/aromatic N) is 1. The summed E-state index contributed by atoms with van der Waals surface area (Å²) in [5, 5.41) is 16.0. The number of anilines is 2. The maximum absolute atomic E-state index is 14.1. The Balaban J connectivity index is 1.48. The number of nitrogens with one attached hydrogen (secondary N) is 2. The van der Waals surface area contributed by atoms with Crippen LogP contribution in [0.1, 0.15) is 31.4 Å². The Morgan fingerprint density at radius 2 is 1.82 bits per heavy atom. The van der Waals surface area contributed by atoms with E-state index >= 15 is 0 Å². The van der Waals surface area contributed by atoms with Crippen LogP contribution in [0.5, 0.6) is 5.75 Å². The highest BCUT2D eigenvalue weighted by Crippen LogP contribution is 2.68. The van der Waals surface area contributed by atoms with Crippen LogP contribution < -0.4 is 15.4 Å². The lowest BCUT2D eigenvalue weighted by atomic mass is 9.70. The fraction of sp³-hybridized carbons (Fsp3) is 0.483. The van der Waals surface area contributed by atoms with Crippen LogP contribution >= 0.6 is 27.7 Å². The number of rotatable bonds is 8. The van der Waals surface area contributed by atoms with Crippen LogP contribution in [-0.4, -0.2) is 67.8 Å². The summed E-state index contributed by atoms with van der Waals surface area (Å²) in [6, 6.07) is 11.6. The number of carbonyl (C=O) groups excluding carboxylic acids is 3. The van der Waals surface area contributed by atoms with Crippen molar-refractivity contribution in [3.8, 4) is 5.75 Å². The number of ether oxygens (including phenoxy) is 1. The van der Waals surface area contributed by atoms with Gasteiger partial charge in [-0.25, -0.2) is 0 Å². The van der Waals surface area contributed by atoms with Crippen molar-refractivity contribution >= 4 is 56.8 Å². The SMILES string of the molecule is CCOc1ccc(NC(=O)[C@H]2[C@H]3C(=O)N([C@H](C)CO)C(C(=O)Nc4c(C)cccc4C)C34CC(Br)[C@@H]2S4)cc1. The van der Waals surface area contributed by atoms with E-state index in [1.165, 1.54) is 4.90 Å². The fourth-order valence-corrected chi connectivity index (χ4v) is 10.1. The highest BCUT2D eigenvalue weighted by atomic mass is 79.9. The molecule has 7 atom stereocenters. The molecule has 8 nitrogen and oxygen atoms in total. The summed E-state index contributed by atoms with van der Waals surface area (Å²) in [6.07, 6.45) is 0.574. The number of aliphatic hydroxyl groups is 1. The van der Waals surface area contributed by atoms with E-state index in [2.05, 4.69) is 26.6 Å². The van der Waals surface area contributed by atoms with Gasteiger partial charge in [-0.05, 0) is 69.5 Å². The maximum atomic E-state index is 14.1. The zero-order chi connectivity index (χ0) is 28.1. The predicted octanol–water partition coefficient (Wildman–Crippen LogP) is 4.12. The smallest absolute Gasteiger partial charge is 0.248 e. The first-order valence-electron chi connectivity index (χ1n) is 13.3. The zero-order valence-electron chi connectivity index (χ0n) is 22.4. The molecule has 208 valence electrons. The van der Waals surface area contributed by atoms with Gasteiger partial charge >= 0.3 is 0 Å². The Kier molecular flexibility index (Phi) is 7.74. The molecule has 3 fully saturated rings. The average molecular weight is 617 g/mol. The highest BCUT2D eigenvalue weighted by molar-refractivity contribution is 9.09.